The van der Waals surface area contributed by atoms with E-state index in [1.54, 1.807) is 6.20 Å². The molecule has 0 atom stereocenters. The standard InChI is InChI=1S/C18H20N2O3/c21-18(22)20-11-8-17(9-12-20)23-16-6-4-14(5-7-16)13-15-3-1-2-10-19-15/h1-7,10,17H,8-9,11-13H2,(H,21,22). The van der Waals surface area contributed by atoms with Gasteiger partial charge in [0.2, 0.25) is 0 Å². The Morgan fingerprint density at radius 2 is 1.91 bits per heavy atom. The van der Waals surface area contributed by atoms with Gasteiger partial charge in [-0.25, -0.2) is 4.79 Å². The molecule has 0 spiro atoms. The van der Waals surface area contributed by atoms with Crippen LogP contribution in [0.5, 0.6) is 5.75 Å². The Hall–Kier alpha value is -2.56. The topological polar surface area (TPSA) is 62.7 Å². The van der Waals surface area contributed by atoms with Crippen LogP contribution in [0.2, 0.25) is 0 Å². The number of rotatable bonds is 4. The fraction of sp³-hybridized carbons (Fsp3) is 0.333. The number of benzene rings is 1. The molecule has 0 radical (unpaired) electrons. The quantitative estimate of drug-likeness (QED) is 0.941. The largest absolute Gasteiger partial charge is 0.490 e. The number of aromatic nitrogens is 1. The molecule has 1 aliphatic rings. The third-order valence-electron chi connectivity index (χ3n) is 4.05. The van der Waals surface area contributed by atoms with E-state index in [1.165, 1.54) is 10.5 Å². The van der Waals surface area contributed by atoms with Gasteiger partial charge in [0.25, 0.3) is 0 Å². The summed E-state index contributed by atoms with van der Waals surface area (Å²) in [4.78, 5) is 16.7. The molecule has 0 saturated carbocycles. The molecule has 23 heavy (non-hydrogen) atoms. The summed E-state index contributed by atoms with van der Waals surface area (Å²) in [6.45, 7) is 1.08. The Morgan fingerprint density at radius 3 is 2.52 bits per heavy atom. The zero-order chi connectivity index (χ0) is 16.1. The van der Waals surface area contributed by atoms with Gasteiger partial charge in [-0.05, 0) is 29.8 Å². The van der Waals surface area contributed by atoms with Gasteiger partial charge in [-0.15, -0.1) is 0 Å². The first kappa shape index (κ1) is 15.3. The summed E-state index contributed by atoms with van der Waals surface area (Å²) >= 11 is 0. The van der Waals surface area contributed by atoms with E-state index in [0.717, 1.165) is 30.7 Å². The number of nitrogens with zero attached hydrogens (tertiary/aromatic N) is 2. The SMILES string of the molecule is O=C(O)N1CCC(Oc2ccc(Cc3ccccn3)cc2)CC1. The Balaban J connectivity index is 1.53. The predicted octanol–water partition coefficient (Wildman–Crippen LogP) is 3.19. The molecule has 1 aliphatic heterocycles. The lowest BCUT2D eigenvalue weighted by molar-refractivity contribution is 0.0894. The third kappa shape index (κ3) is 4.22. The predicted molar refractivity (Wildman–Crippen MR) is 86.7 cm³/mol. The van der Waals surface area contributed by atoms with Gasteiger partial charge in [-0.2, -0.15) is 0 Å². The highest BCUT2D eigenvalue weighted by Gasteiger charge is 2.23. The number of pyridine rings is 1. The second-order valence-electron chi connectivity index (χ2n) is 5.73. The summed E-state index contributed by atoms with van der Waals surface area (Å²) < 4.78 is 5.95. The number of likely N-dealkylation sites (tertiary alicyclic amines) is 1. The summed E-state index contributed by atoms with van der Waals surface area (Å²) in [6, 6.07) is 14.0. The maximum Gasteiger partial charge on any atom is 0.407 e. The van der Waals surface area contributed by atoms with E-state index < -0.39 is 6.09 Å². The van der Waals surface area contributed by atoms with Crippen molar-refractivity contribution in [3.8, 4) is 5.75 Å². The molecule has 2 aromatic rings. The van der Waals surface area contributed by atoms with Crippen molar-refractivity contribution in [3.05, 3.63) is 59.9 Å². The first-order chi connectivity index (χ1) is 11.2. The van der Waals surface area contributed by atoms with E-state index in [4.69, 9.17) is 9.84 Å². The lowest BCUT2D eigenvalue weighted by atomic mass is 10.1. The molecule has 1 fully saturated rings. The monoisotopic (exact) mass is 312 g/mol. The van der Waals surface area contributed by atoms with Crippen LogP contribution in [0.15, 0.2) is 48.7 Å². The van der Waals surface area contributed by atoms with Gasteiger partial charge >= 0.3 is 6.09 Å². The molecule has 5 nitrogen and oxygen atoms in total. The summed E-state index contributed by atoms with van der Waals surface area (Å²) in [5.74, 6) is 0.837. The highest BCUT2D eigenvalue weighted by Crippen LogP contribution is 2.20. The van der Waals surface area contributed by atoms with Crippen molar-refractivity contribution in [1.29, 1.82) is 0 Å². The normalized spacial score (nSPS) is 15.4. The van der Waals surface area contributed by atoms with Crippen LogP contribution in [-0.4, -0.2) is 40.3 Å². The van der Waals surface area contributed by atoms with Crippen LogP contribution in [0.25, 0.3) is 0 Å². The zero-order valence-electron chi connectivity index (χ0n) is 12.9. The number of hydrogen-bond acceptors (Lipinski definition) is 3. The lowest BCUT2D eigenvalue weighted by Gasteiger charge is -2.30. The molecule has 1 N–H and O–H groups in total. The number of hydrogen-bond donors (Lipinski definition) is 1. The van der Waals surface area contributed by atoms with Crippen LogP contribution in [0.3, 0.4) is 0 Å². The van der Waals surface area contributed by atoms with E-state index >= 15 is 0 Å². The van der Waals surface area contributed by atoms with Crippen molar-refractivity contribution in [2.24, 2.45) is 0 Å². The third-order valence-corrected chi connectivity index (χ3v) is 4.05. The summed E-state index contributed by atoms with van der Waals surface area (Å²) in [6.07, 6.45) is 3.33. The Kier molecular flexibility index (Phi) is 4.76. The summed E-state index contributed by atoms with van der Waals surface area (Å²) in [5.41, 5.74) is 2.24. The average Bonchev–Trinajstić information content (AvgIpc) is 2.58. The van der Waals surface area contributed by atoms with E-state index in [-0.39, 0.29) is 6.10 Å². The minimum absolute atomic E-state index is 0.0900. The van der Waals surface area contributed by atoms with Crippen molar-refractivity contribution < 1.29 is 14.6 Å². The van der Waals surface area contributed by atoms with Crippen LogP contribution in [0.1, 0.15) is 24.1 Å². The maximum atomic E-state index is 10.9. The van der Waals surface area contributed by atoms with Crippen molar-refractivity contribution in [3.63, 3.8) is 0 Å². The van der Waals surface area contributed by atoms with E-state index in [9.17, 15) is 4.79 Å². The molecular weight excluding hydrogens is 292 g/mol. The fourth-order valence-corrected chi connectivity index (χ4v) is 2.76. The lowest BCUT2D eigenvalue weighted by Crippen LogP contribution is -2.41. The number of ether oxygens (including phenoxy) is 1. The zero-order valence-corrected chi connectivity index (χ0v) is 12.9. The minimum Gasteiger partial charge on any atom is -0.490 e. The highest BCUT2D eigenvalue weighted by atomic mass is 16.5. The van der Waals surface area contributed by atoms with E-state index in [1.807, 2.05) is 30.3 Å². The molecule has 1 aromatic carbocycles. The van der Waals surface area contributed by atoms with Crippen molar-refractivity contribution in [2.75, 3.05) is 13.1 Å². The van der Waals surface area contributed by atoms with Gasteiger partial charge in [-0.1, -0.05) is 18.2 Å². The molecule has 1 amide bonds. The Morgan fingerprint density at radius 1 is 1.17 bits per heavy atom. The molecule has 1 aromatic heterocycles. The number of carboxylic acid groups (broad SMARTS) is 1. The van der Waals surface area contributed by atoms with Crippen LogP contribution >= 0.6 is 0 Å². The van der Waals surface area contributed by atoms with Crippen LogP contribution < -0.4 is 4.74 Å². The second-order valence-corrected chi connectivity index (χ2v) is 5.73. The van der Waals surface area contributed by atoms with Gasteiger partial charge in [0, 0.05) is 44.2 Å². The first-order valence-electron chi connectivity index (χ1n) is 7.84. The molecule has 5 heteroatoms. The van der Waals surface area contributed by atoms with Crippen LogP contribution in [0.4, 0.5) is 4.79 Å². The second kappa shape index (κ2) is 7.13. The molecule has 2 heterocycles. The van der Waals surface area contributed by atoms with E-state index in [2.05, 4.69) is 17.1 Å². The van der Waals surface area contributed by atoms with Gasteiger partial charge in [-0.3, -0.25) is 4.98 Å². The maximum absolute atomic E-state index is 10.9. The minimum atomic E-state index is -0.845. The fourth-order valence-electron chi connectivity index (χ4n) is 2.76. The number of piperidine rings is 1. The van der Waals surface area contributed by atoms with Crippen molar-refractivity contribution >= 4 is 6.09 Å². The van der Waals surface area contributed by atoms with E-state index in [0.29, 0.717) is 13.1 Å². The molecular formula is C18H20N2O3. The first-order valence-corrected chi connectivity index (χ1v) is 7.84. The molecule has 1 saturated heterocycles. The molecule has 0 aliphatic carbocycles. The van der Waals surface area contributed by atoms with Crippen LogP contribution in [-0.2, 0) is 6.42 Å². The molecule has 3 rings (SSSR count). The molecule has 0 unspecified atom stereocenters. The summed E-state index contributed by atoms with van der Waals surface area (Å²) in [5, 5.41) is 8.95. The molecule has 0 bridgehead atoms. The van der Waals surface area contributed by atoms with Gasteiger partial charge in [0.05, 0.1) is 0 Å². The van der Waals surface area contributed by atoms with Crippen molar-refractivity contribution in [1.82, 2.24) is 9.88 Å². The van der Waals surface area contributed by atoms with Gasteiger partial charge in [0.1, 0.15) is 11.9 Å². The number of carbonyl (C=O) groups is 1. The summed E-state index contributed by atoms with van der Waals surface area (Å²) in [7, 11) is 0. The number of amides is 1. The average molecular weight is 312 g/mol. The Labute approximate surface area is 135 Å². The van der Waals surface area contributed by atoms with Crippen LogP contribution in [0, 0.1) is 0 Å². The van der Waals surface area contributed by atoms with Crippen molar-refractivity contribution in [2.45, 2.75) is 25.4 Å². The Bertz CT molecular complexity index is 635. The smallest absolute Gasteiger partial charge is 0.407 e. The molecule has 120 valence electrons. The van der Waals surface area contributed by atoms with Gasteiger partial charge < -0.3 is 14.7 Å². The van der Waals surface area contributed by atoms with Gasteiger partial charge in [0.15, 0.2) is 0 Å². The highest BCUT2D eigenvalue weighted by molar-refractivity contribution is 5.65.